The lowest BCUT2D eigenvalue weighted by Crippen LogP contribution is -2.39. The Bertz CT molecular complexity index is 418. The van der Waals surface area contributed by atoms with Crippen LogP contribution in [0.4, 0.5) is 4.39 Å². The van der Waals surface area contributed by atoms with E-state index in [2.05, 4.69) is 11.9 Å². The van der Waals surface area contributed by atoms with Gasteiger partial charge in [-0.1, -0.05) is 0 Å². The van der Waals surface area contributed by atoms with Crippen molar-refractivity contribution in [3.8, 4) is 0 Å². The Labute approximate surface area is 107 Å². The third-order valence-electron chi connectivity index (χ3n) is 3.59. The van der Waals surface area contributed by atoms with E-state index < -0.39 is 0 Å². The molecule has 1 aromatic carbocycles. The van der Waals surface area contributed by atoms with Crippen molar-refractivity contribution in [2.24, 2.45) is 0 Å². The molecule has 1 aliphatic rings. The highest BCUT2D eigenvalue weighted by Gasteiger charge is 2.24. The molecule has 1 amide bonds. The molecule has 0 saturated carbocycles. The van der Waals surface area contributed by atoms with E-state index in [9.17, 15) is 9.18 Å². The first-order valence-electron chi connectivity index (χ1n) is 6.29. The number of hydrogen-bond acceptors (Lipinski definition) is 2. The number of likely N-dealkylation sites (tertiary alicyclic amines) is 1. The zero-order chi connectivity index (χ0) is 13.1. The van der Waals surface area contributed by atoms with E-state index in [1.54, 1.807) is 11.9 Å². The number of benzene rings is 1. The summed E-state index contributed by atoms with van der Waals surface area (Å²) in [5.41, 5.74) is 0.541. The third kappa shape index (κ3) is 2.88. The van der Waals surface area contributed by atoms with Gasteiger partial charge in [0.2, 0.25) is 0 Å². The second-order valence-electron chi connectivity index (χ2n) is 4.97. The van der Waals surface area contributed by atoms with Crippen molar-refractivity contribution in [1.29, 1.82) is 0 Å². The largest absolute Gasteiger partial charge is 0.340 e. The Balaban J connectivity index is 1.98. The van der Waals surface area contributed by atoms with Gasteiger partial charge in [-0.3, -0.25) is 4.79 Å². The van der Waals surface area contributed by atoms with Gasteiger partial charge in [-0.2, -0.15) is 0 Å². The predicted octanol–water partition coefficient (Wildman–Crippen LogP) is 1.99. The average Bonchev–Trinajstić information content (AvgIpc) is 2.75. The van der Waals surface area contributed by atoms with Gasteiger partial charge >= 0.3 is 0 Å². The maximum absolute atomic E-state index is 12.8. The van der Waals surface area contributed by atoms with E-state index in [1.165, 1.54) is 30.7 Å². The molecule has 1 saturated heterocycles. The van der Waals surface area contributed by atoms with Crippen molar-refractivity contribution in [3.05, 3.63) is 35.6 Å². The highest BCUT2D eigenvalue weighted by atomic mass is 19.1. The molecule has 1 aliphatic heterocycles. The number of nitrogens with zero attached hydrogens (tertiary/aromatic N) is 2. The number of halogens is 1. The maximum Gasteiger partial charge on any atom is 0.253 e. The number of amides is 1. The van der Waals surface area contributed by atoms with E-state index in [1.807, 2.05) is 0 Å². The fraction of sp³-hybridized carbons (Fsp3) is 0.500. The molecule has 4 heteroatoms. The molecule has 0 aromatic heterocycles. The Morgan fingerprint density at radius 1 is 1.44 bits per heavy atom. The van der Waals surface area contributed by atoms with Gasteiger partial charge in [-0.05, 0) is 50.7 Å². The molecule has 0 radical (unpaired) electrons. The molecule has 1 unspecified atom stereocenters. The maximum atomic E-state index is 12.8. The lowest BCUT2D eigenvalue weighted by atomic mass is 10.1. The zero-order valence-corrected chi connectivity index (χ0v) is 10.9. The van der Waals surface area contributed by atoms with E-state index in [-0.39, 0.29) is 11.7 Å². The Kier molecular flexibility index (Phi) is 3.97. The molecule has 1 aromatic rings. The van der Waals surface area contributed by atoms with Gasteiger partial charge < -0.3 is 9.80 Å². The summed E-state index contributed by atoms with van der Waals surface area (Å²) >= 11 is 0. The van der Waals surface area contributed by atoms with Crippen LogP contribution in [0.2, 0.25) is 0 Å². The number of carbonyl (C=O) groups excluding carboxylic acids is 1. The van der Waals surface area contributed by atoms with Crippen LogP contribution in [0.1, 0.15) is 23.2 Å². The Hall–Kier alpha value is -1.42. The lowest BCUT2D eigenvalue weighted by Gasteiger charge is -2.25. The van der Waals surface area contributed by atoms with Crippen LogP contribution in [0.3, 0.4) is 0 Å². The van der Waals surface area contributed by atoms with Crippen LogP contribution in [0.15, 0.2) is 24.3 Å². The van der Waals surface area contributed by atoms with Crippen molar-refractivity contribution >= 4 is 5.91 Å². The van der Waals surface area contributed by atoms with Gasteiger partial charge in [0.25, 0.3) is 5.91 Å². The molecule has 1 heterocycles. The van der Waals surface area contributed by atoms with Crippen molar-refractivity contribution in [3.63, 3.8) is 0 Å². The molecule has 1 atom stereocenters. The molecule has 98 valence electrons. The highest BCUT2D eigenvalue weighted by molar-refractivity contribution is 5.94. The molecule has 0 aliphatic carbocycles. The smallest absolute Gasteiger partial charge is 0.253 e. The van der Waals surface area contributed by atoms with Crippen molar-refractivity contribution < 1.29 is 9.18 Å². The SMILES string of the molecule is CN(CC1CCCN1C)C(=O)c1ccc(F)cc1. The van der Waals surface area contributed by atoms with Gasteiger partial charge in [0, 0.05) is 25.2 Å². The van der Waals surface area contributed by atoms with Crippen LogP contribution in [-0.2, 0) is 0 Å². The number of hydrogen-bond donors (Lipinski definition) is 0. The summed E-state index contributed by atoms with van der Waals surface area (Å²) in [5.74, 6) is -0.361. The average molecular weight is 250 g/mol. The van der Waals surface area contributed by atoms with E-state index in [0.29, 0.717) is 11.6 Å². The predicted molar refractivity (Wildman–Crippen MR) is 69.0 cm³/mol. The number of rotatable bonds is 3. The minimum atomic E-state index is -0.315. The van der Waals surface area contributed by atoms with Crippen molar-refractivity contribution in [1.82, 2.24) is 9.80 Å². The van der Waals surface area contributed by atoms with Crippen LogP contribution >= 0.6 is 0 Å². The molecule has 1 fully saturated rings. The molecule has 0 bridgehead atoms. The van der Waals surface area contributed by atoms with E-state index in [0.717, 1.165) is 19.5 Å². The second kappa shape index (κ2) is 5.48. The lowest BCUT2D eigenvalue weighted by molar-refractivity contribution is 0.0761. The first-order chi connectivity index (χ1) is 8.58. The molecule has 18 heavy (non-hydrogen) atoms. The molecular weight excluding hydrogens is 231 g/mol. The standard InChI is InChI=1S/C14H19FN2O/c1-16-9-3-4-13(16)10-17(2)14(18)11-5-7-12(15)8-6-11/h5-8,13H,3-4,9-10H2,1-2H3. The van der Waals surface area contributed by atoms with Crippen LogP contribution in [0, 0.1) is 5.82 Å². The van der Waals surface area contributed by atoms with Crippen LogP contribution < -0.4 is 0 Å². The fourth-order valence-corrected chi connectivity index (χ4v) is 2.42. The first kappa shape index (κ1) is 13.0. The van der Waals surface area contributed by atoms with Gasteiger partial charge in [0.05, 0.1) is 0 Å². The summed E-state index contributed by atoms with van der Waals surface area (Å²) in [6.45, 7) is 1.83. The Morgan fingerprint density at radius 2 is 2.11 bits per heavy atom. The van der Waals surface area contributed by atoms with Gasteiger partial charge in [-0.15, -0.1) is 0 Å². The normalized spacial score (nSPS) is 20.1. The van der Waals surface area contributed by atoms with Crippen LogP contribution in [0.5, 0.6) is 0 Å². The van der Waals surface area contributed by atoms with Crippen LogP contribution in [-0.4, -0.2) is 48.9 Å². The fourth-order valence-electron chi connectivity index (χ4n) is 2.42. The highest BCUT2D eigenvalue weighted by Crippen LogP contribution is 2.16. The number of carbonyl (C=O) groups is 1. The van der Waals surface area contributed by atoms with Crippen molar-refractivity contribution in [2.45, 2.75) is 18.9 Å². The molecule has 0 N–H and O–H groups in total. The summed E-state index contributed by atoms with van der Waals surface area (Å²) in [5, 5.41) is 0. The quantitative estimate of drug-likeness (QED) is 0.819. The topological polar surface area (TPSA) is 23.6 Å². The summed E-state index contributed by atoms with van der Waals surface area (Å²) < 4.78 is 12.8. The minimum Gasteiger partial charge on any atom is -0.340 e. The summed E-state index contributed by atoms with van der Waals surface area (Å²) in [4.78, 5) is 16.1. The van der Waals surface area contributed by atoms with Crippen molar-refractivity contribution in [2.75, 3.05) is 27.2 Å². The first-order valence-corrected chi connectivity index (χ1v) is 6.29. The molecule has 2 rings (SSSR count). The summed E-state index contributed by atoms with van der Waals surface area (Å²) in [6.07, 6.45) is 2.33. The minimum absolute atomic E-state index is 0.0460. The van der Waals surface area contributed by atoms with Gasteiger partial charge in [0.15, 0.2) is 0 Å². The van der Waals surface area contributed by atoms with Crippen LogP contribution in [0.25, 0.3) is 0 Å². The molecule has 3 nitrogen and oxygen atoms in total. The number of likely N-dealkylation sites (N-methyl/N-ethyl adjacent to an activating group) is 2. The molecular formula is C14H19FN2O. The van der Waals surface area contributed by atoms with E-state index in [4.69, 9.17) is 0 Å². The molecule has 0 spiro atoms. The van der Waals surface area contributed by atoms with E-state index >= 15 is 0 Å². The van der Waals surface area contributed by atoms with Gasteiger partial charge in [-0.25, -0.2) is 4.39 Å². The zero-order valence-electron chi connectivity index (χ0n) is 10.9. The second-order valence-corrected chi connectivity index (χ2v) is 4.97. The summed E-state index contributed by atoms with van der Waals surface area (Å²) in [6, 6.07) is 6.16. The summed E-state index contributed by atoms with van der Waals surface area (Å²) in [7, 11) is 3.89. The Morgan fingerprint density at radius 3 is 2.67 bits per heavy atom. The third-order valence-corrected chi connectivity index (χ3v) is 3.59. The monoisotopic (exact) mass is 250 g/mol. The van der Waals surface area contributed by atoms with Gasteiger partial charge in [0.1, 0.15) is 5.82 Å².